The molecular weight excluding hydrogens is 268 g/mol. The van der Waals surface area contributed by atoms with Crippen LogP contribution in [-0.2, 0) is 6.42 Å². The van der Waals surface area contributed by atoms with Crippen molar-refractivity contribution in [1.29, 1.82) is 0 Å². The highest BCUT2D eigenvalue weighted by atomic mass is 32.1. The molecule has 3 nitrogen and oxygen atoms in total. The highest BCUT2D eigenvalue weighted by molar-refractivity contribution is 7.07. The molecule has 0 aliphatic heterocycles. The second-order valence-electron chi connectivity index (χ2n) is 4.96. The van der Waals surface area contributed by atoms with Gasteiger partial charge in [-0.3, -0.25) is 4.79 Å². The number of carbonyl (C=O) groups is 1. The topological polar surface area (TPSA) is 44.9 Å². The van der Waals surface area contributed by atoms with Crippen molar-refractivity contribution in [3.63, 3.8) is 0 Å². The third-order valence-corrected chi connectivity index (χ3v) is 4.07. The maximum absolute atomic E-state index is 12.3. The molecule has 0 radical (unpaired) electrons. The number of fused-ring (bicyclic) bond motifs is 1. The van der Waals surface area contributed by atoms with Crippen molar-refractivity contribution in [2.24, 2.45) is 0 Å². The van der Waals surface area contributed by atoms with Gasteiger partial charge in [0.1, 0.15) is 0 Å². The Hall–Kier alpha value is -2.07. The van der Waals surface area contributed by atoms with Crippen LogP contribution < -0.4 is 5.32 Å². The second kappa shape index (κ2) is 5.51. The molecule has 2 heterocycles. The number of benzene rings is 1. The number of hydrogen-bond acceptors (Lipinski definition) is 2. The van der Waals surface area contributed by atoms with Crippen LogP contribution in [0, 0.1) is 0 Å². The van der Waals surface area contributed by atoms with E-state index in [2.05, 4.69) is 27.1 Å². The molecule has 1 amide bonds. The third-order valence-electron chi connectivity index (χ3n) is 3.33. The Morgan fingerprint density at radius 3 is 3.00 bits per heavy atom. The van der Waals surface area contributed by atoms with Crippen molar-refractivity contribution in [2.45, 2.75) is 19.4 Å². The van der Waals surface area contributed by atoms with Gasteiger partial charge in [0.2, 0.25) is 0 Å². The van der Waals surface area contributed by atoms with Crippen LogP contribution in [0.3, 0.4) is 0 Å². The number of para-hydroxylation sites is 1. The maximum Gasteiger partial charge on any atom is 0.253 e. The molecule has 2 N–H and O–H groups in total. The second-order valence-corrected chi connectivity index (χ2v) is 5.74. The molecule has 0 saturated carbocycles. The monoisotopic (exact) mass is 284 g/mol. The molecular formula is C16H16N2OS. The first-order valence-electron chi connectivity index (χ1n) is 6.62. The summed E-state index contributed by atoms with van der Waals surface area (Å²) in [5.41, 5.74) is 2.96. The van der Waals surface area contributed by atoms with E-state index in [1.54, 1.807) is 17.5 Å². The standard InChI is InChI=1S/C16H16N2OS/c1-11(8-12-6-7-20-10-12)18-16(19)14-9-17-15-5-3-2-4-13(14)15/h2-7,9-11,17H,8H2,1H3,(H,18,19). The van der Waals surface area contributed by atoms with Crippen LogP contribution in [0.5, 0.6) is 0 Å². The van der Waals surface area contributed by atoms with E-state index in [1.165, 1.54) is 5.56 Å². The number of thiophene rings is 1. The number of H-pyrrole nitrogens is 1. The van der Waals surface area contributed by atoms with Crippen molar-refractivity contribution in [1.82, 2.24) is 10.3 Å². The molecule has 0 spiro atoms. The number of aromatic amines is 1. The van der Waals surface area contributed by atoms with Crippen LogP contribution in [0.4, 0.5) is 0 Å². The Morgan fingerprint density at radius 2 is 2.20 bits per heavy atom. The molecule has 0 aliphatic rings. The van der Waals surface area contributed by atoms with Crippen molar-refractivity contribution in [3.05, 3.63) is 58.4 Å². The van der Waals surface area contributed by atoms with E-state index in [0.29, 0.717) is 5.56 Å². The smallest absolute Gasteiger partial charge is 0.253 e. The quantitative estimate of drug-likeness (QED) is 0.755. The summed E-state index contributed by atoms with van der Waals surface area (Å²) in [5, 5.41) is 8.20. The van der Waals surface area contributed by atoms with Gasteiger partial charge in [-0.15, -0.1) is 0 Å². The lowest BCUT2D eigenvalue weighted by molar-refractivity contribution is 0.0942. The van der Waals surface area contributed by atoms with E-state index in [1.807, 2.05) is 31.2 Å². The number of hydrogen-bond donors (Lipinski definition) is 2. The summed E-state index contributed by atoms with van der Waals surface area (Å²) in [6, 6.07) is 10.1. The first-order valence-corrected chi connectivity index (χ1v) is 7.56. The van der Waals surface area contributed by atoms with Gasteiger partial charge in [-0.2, -0.15) is 11.3 Å². The number of aromatic nitrogens is 1. The molecule has 20 heavy (non-hydrogen) atoms. The van der Waals surface area contributed by atoms with Gasteiger partial charge in [0.25, 0.3) is 5.91 Å². The zero-order valence-electron chi connectivity index (χ0n) is 11.2. The minimum Gasteiger partial charge on any atom is -0.360 e. The number of amides is 1. The van der Waals surface area contributed by atoms with Crippen molar-refractivity contribution < 1.29 is 4.79 Å². The third kappa shape index (κ3) is 2.60. The van der Waals surface area contributed by atoms with E-state index in [4.69, 9.17) is 0 Å². The molecule has 1 atom stereocenters. The number of rotatable bonds is 4. The summed E-state index contributed by atoms with van der Waals surface area (Å²) in [7, 11) is 0. The van der Waals surface area contributed by atoms with Crippen LogP contribution in [-0.4, -0.2) is 16.9 Å². The minimum absolute atomic E-state index is 0.0230. The van der Waals surface area contributed by atoms with Gasteiger partial charge in [-0.05, 0) is 41.8 Å². The van der Waals surface area contributed by atoms with E-state index >= 15 is 0 Å². The predicted octanol–water partition coefficient (Wildman–Crippen LogP) is 3.59. The lowest BCUT2D eigenvalue weighted by Crippen LogP contribution is -2.33. The normalized spacial score (nSPS) is 12.4. The Balaban J connectivity index is 1.73. The van der Waals surface area contributed by atoms with E-state index in [-0.39, 0.29) is 11.9 Å². The Bertz CT molecular complexity index is 715. The molecule has 1 aromatic carbocycles. The molecule has 1 unspecified atom stereocenters. The van der Waals surface area contributed by atoms with Crippen LogP contribution in [0.25, 0.3) is 10.9 Å². The number of nitrogens with one attached hydrogen (secondary N) is 2. The molecule has 0 saturated heterocycles. The van der Waals surface area contributed by atoms with Gasteiger partial charge in [-0.1, -0.05) is 18.2 Å². The van der Waals surface area contributed by atoms with E-state index < -0.39 is 0 Å². The molecule has 0 fully saturated rings. The summed E-state index contributed by atoms with van der Waals surface area (Å²) in [5.74, 6) is -0.0230. The van der Waals surface area contributed by atoms with Crippen molar-refractivity contribution in [3.8, 4) is 0 Å². The summed E-state index contributed by atoms with van der Waals surface area (Å²) < 4.78 is 0. The van der Waals surface area contributed by atoms with Gasteiger partial charge in [0, 0.05) is 23.1 Å². The van der Waals surface area contributed by atoms with Crippen LogP contribution in [0.2, 0.25) is 0 Å². The molecule has 3 rings (SSSR count). The van der Waals surface area contributed by atoms with Gasteiger partial charge in [0.15, 0.2) is 0 Å². The molecule has 102 valence electrons. The van der Waals surface area contributed by atoms with E-state index in [9.17, 15) is 4.79 Å². The van der Waals surface area contributed by atoms with Crippen LogP contribution in [0.15, 0.2) is 47.3 Å². The fraction of sp³-hybridized carbons (Fsp3) is 0.188. The molecule has 0 bridgehead atoms. The average molecular weight is 284 g/mol. The SMILES string of the molecule is CC(Cc1ccsc1)NC(=O)c1c[nH]c2ccccc12. The van der Waals surface area contributed by atoms with Crippen molar-refractivity contribution in [2.75, 3.05) is 0 Å². The molecule has 3 aromatic rings. The van der Waals surface area contributed by atoms with Gasteiger partial charge in [0.05, 0.1) is 5.56 Å². The van der Waals surface area contributed by atoms with Gasteiger partial charge < -0.3 is 10.3 Å². The molecule has 2 aromatic heterocycles. The largest absolute Gasteiger partial charge is 0.360 e. The minimum atomic E-state index is -0.0230. The summed E-state index contributed by atoms with van der Waals surface area (Å²) >= 11 is 1.68. The summed E-state index contributed by atoms with van der Waals surface area (Å²) in [6.07, 6.45) is 2.63. The Morgan fingerprint density at radius 1 is 1.35 bits per heavy atom. The lowest BCUT2D eigenvalue weighted by atomic mass is 10.1. The van der Waals surface area contributed by atoms with E-state index in [0.717, 1.165) is 17.3 Å². The highest BCUT2D eigenvalue weighted by Crippen LogP contribution is 2.17. The summed E-state index contributed by atoms with van der Waals surface area (Å²) in [4.78, 5) is 15.5. The molecule has 0 aliphatic carbocycles. The van der Waals surface area contributed by atoms with Crippen LogP contribution >= 0.6 is 11.3 Å². The Labute approximate surface area is 121 Å². The molecule has 4 heteroatoms. The fourth-order valence-corrected chi connectivity index (χ4v) is 3.06. The first kappa shape index (κ1) is 12.9. The summed E-state index contributed by atoms with van der Waals surface area (Å²) in [6.45, 7) is 2.03. The predicted molar refractivity (Wildman–Crippen MR) is 83.2 cm³/mol. The first-order chi connectivity index (χ1) is 9.74. The van der Waals surface area contributed by atoms with Gasteiger partial charge >= 0.3 is 0 Å². The zero-order chi connectivity index (χ0) is 13.9. The number of carbonyl (C=O) groups excluding carboxylic acids is 1. The fourth-order valence-electron chi connectivity index (χ4n) is 2.37. The Kier molecular flexibility index (Phi) is 3.56. The lowest BCUT2D eigenvalue weighted by Gasteiger charge is -2.12. The maximum atomic E-state index is 12.3. The highest BCUT2D eigenvalue weighted by Gasteiger charge is 2.14. The average Bonchev–Trinajstić information content (AvgIpc) is 3.07. The van der Waals surface area contributed by atoms with Crippen molar-refractivity contribution >= 4 is 28.1 Å². The van der Waals surface area contributed by atoms with Gasteiger partial charge in [-0.25, -0.2) is 0 Å². The zero-order valence-corrected chi connectivity index (χ0v) is 12.0. The van der Waals surface area contributed by atoms with Crippen LogP contribution in [0.1, 0.15) is 22.8 Å².